The molecule has 0 radical (unpaired) electrons. The highest BCUT2D eigenvalue weighted by Crippen LogP contribution is 2.11. The first kappa shape index (κ1) is 13.7. The van der Waals surface area contributed by atoms with E-state index in [4.69, 9.17) is 0 Å². The zero-order valence-corrected chi connectivity index (χ0v) is 11.9. The van der Waals surface area contributed by atoms with Gasteiger partial charge >= 0.3 is 0 Å². The Morgan fingerprint density at radius 1 is 1.56 bits per heavy atom. The van der Waals surface area contributed by atoms with Crippen molar-refractivity contribution in [3.8, 4) is 0 Å². The van der Waals surface area contributed by atoms with Crippen molar-refractivity contribution in [1.29, 1.82) is 0 Å². The van der Waals surface area contributed by atoms with Gasteiger partial charge in [-0.1, -0.05) is 22.9 Å². The van der Waals surface area contributed by atoms with Gasteiger partial charge in [0.1, 0.15) is 0 Å². The number of aromatic nitrogens is 2. The van der Waals surface area contributed by atoms with Crippen molar-refractivity contribution in [2.45, 2.75) is 36.2 Å². The van der Waals surface area contributed by atoms with Crippen LogP contribution in [0, 0.1) is 0 Å². The molecule has 16 heavy (non-hydrogen) atoms. The average Bonchev–Trinajstić information content (AvgIpc) is 2.48. The van der Waals surface area contributed by atoms with Crippen LogP contribution in [0.15, 0.2) is 17.3 Å². The molecule has 0 aliphatic heterocycles. The lowest BCUT2D eigenvalue weighted by atomic mass is 10.2. The molecule has 1 rings (SSSR count). The first-order valence-corrected chi connectivity index (χ1v) is 7.37. The van der Waals surface area contributed by atoms with Gasteiger partial charge in [-0.05, 0) is 19.4 Å². The Morgan fingerprint density at radius 3 is 2.62 bits per heavy atom. The smallest absolute Gasteiger partial charge is 0.256 e. The van der Waals surface area contributed by atoms with Crippen LogP contribution in [0.5, 0.6) is 0 Å². The van der Waals surface area contributed by atoms with Crippen LogP contribution in [0.1, 0.15) is 20.3 Å². The Balaban J connectivity index is 2.77. The predicted molar refractivity (Wildman–Crippen MR) is 66.0 cm³/mol. The van der Waals surface area contributed by atoms with Gasteiger partial charge in [-0.15, -0.1) is 0 Å². The van der Waals surface area contributed by atoms with Gasteiger partial charge in [-0.2, -0.15) is 5.10 Å². The normalized spacial score (nSPS) is 16.0. The lowest BCUT2D eigenvalue weighted by Gasteiger charge is -2.15. The molecule has 1 N–H and O–H groups in total. The highest BCUT2D eigenvalue weighted by atomic mass is 79.9. The molecule has 1 heterocycles. The molecular weight excluding hydrogens is 294 g/mol. The first-order chi connectivity index (χ1) is 7.33. The standard InChI is InChI=1S/C9H16BrN3O2S/c1-7(10)6-8(2)12-16(14,15)9-4-5-11-13(9)3/h4-5,7-8,12H,6H2,1-3H3. The fourth-order valence-corrected chi connectivity index (χ4v) is 3.43. The molecule has 0 aromatic carbocycles. The SMILES string of the molecule is CC(Br)CC(C)NS(=O)(=O)c1ccnn1C. The number of nitrogens with one attached hydrogen (secondary N) is 1. The van der Waals surface area contributed by atoms with Gasteiger partial charge < -0.3 is 0 Å². The molecule has 0 bridgehead atoms. The van der Waals surface area contributed by atoms with E-state index in [-0.39, 0.29) is 15.9 Å². The van der Waals surface area contributed by atoms with Crippen LogP contribution < -0.4 is 4.72 Å². The lowest BCUT2D eigenvalue weighted by Crippen LogP contribution is -2.34. The van der Waals surface area contributed by atoms with Gasteiger partial charge in [-0.25, -0.2) is 13.1 Å². The summed E-state index contributed by atoms with van der Waals surface area (Å²) in [6.07, 6.45) is 2.20. The van der Waals surface area contributed by atoms with Crippen LogP contribution in [0.4, 0.5) is 0 Å². The summed E-state index contributed by atoms with van der Waals surface area (Å²) in [6.45, 7) is 3.82. The summed E-state index contributed by atoms with van der Waals surface area (Å²) >= 11 is 3.39. The van der Waals surface area contributed by atoms with E-state index < -0.39 is 10.0 Å². The summed E-state index contributed by atoms with van der Waals surface area (Å²) < 4.78 is 27.8. The Labute approximate surface area is 104 Å². The van der Waals surface area contributed by atoms with E-state index in [1.807, 2.05) is 13.8 Å². The van der Waals surface area contributed by atoms with Gasteiger partial charge in [0.15, 0.2) is 5.03 Å². The van der Waals surface area contributed by atoms with Crippen LogP contribution >= 0.6 is 15.9 Å². The molecule has 1 aromatic rings. The third-order valence-electron chi connectivity index (χ3n) is 2.09. The van der Waals surface area contributed by atoms with E-state index in [2.05, 4.69) is 25.8 Å². The van der Waals surface area contributed by atoms with Crippen molar-refractivity contribution in [3.05, 3.63) is 12.3 Å². The second kappa shape index (κ2) is 5.29. The van der Waals surface area contributed by atoms with E-state index in [1.54, 1.807) is 7.05 Å². The highest BCUT2D eigenvalue weighted by Gasteiger charge is 2.20. The zero-order valence-electron chi connectivity index (χ0n) is 9.51. The van der Waals surface area contributed by atoms with E-state index in [0.717, 1.165) is 6.42 Å². The molecule has 0 fully saturated rings. The van der Waals surface area contributed by atoms with Crippen molar-refractivity contribution >= 4 is 26.0 Å². The van der Waals surface area contributed by atoms with Crippen molar-refractivity contribution in [2.75, 3.05) is 0 Å². The number of sulfonamides is 1. The van der Waals surface area contributed by atoms with Gasteiger partial charge in [0.05, 0.1) is 6.20 Å². The number of rotatable bonds is 5. The fraction of sp³-hybridized carbons (Fsp3) is 0.667. The molecule has 2 atom stereocenters. The monoisotopic (exact) mass is 309 g/mol. The summed E-state index contributed by atoms with van der Waals surface area (Å²) in [5.41, 5.74) is 0. The number of hydrogen-bond acceptors (Lipinski definition) is 3. The number of aryl methyl sites for hydroxylation is 1. The van der Waals surface area contributed by atoms with Gasteiger partial charge in [0.25, 0.3) is 10.0 Å². The summed E-state index contributed by atoms with van der Waals surface area (Å²) in [6, 6.07) is 1.36. The molecule has 2 unspecified atom stereocenters. The Morgan fingerprint density at radius 2 is 2.19 bits per heavy atom. The zero-order chi connectivity index (χ0) is 12.3. The van der Waals surface area contributed by atoms with Crippen LogP contribution in [-0.4, -0.2) is 29.1 Å². The molecule has 0 saturated carbocycles. The van der Waals surface area contributed by atoms with Crippen LogP contribution in [0.2, 0.25) is 0 Å². The largest absolute Gasteiger partial charge is 0.257 e. The summed E-state index contributed by atoms with van der Waals surface area (Å²) in [5.74, 6) is 0. The average molecular weight is 310 g/mol. The molecule has 0 aliphatic rings. The van der Waals surface area contributed by atoms with Crippen molar-refractivity contribution in [1.82, 2.24) is 14.5 Å². The molecule has 92 valence electrons. The van der Waals surface area contributed by atoms with E-state index in [9.17, 15) is 8.42 Å². The number of hydrogen-bond donors (Lipinski definition) is 1. The minimum Gasteiger partial charge on any atom is -0.256 e. The maximum atomic E-state index is 11.9. The summed E-state index contributed by atoms with van der Waals surface area (Å²) in [4.78, 5) is 0.275. The minimum absolute atomic E-state index is 0.116. The van der Waals surface area contributed by atoms with Crippen molar-refractivity contribution in [3.63, 3.8) is 0 Å². The number of nitrogens with zero attached hydrogens (tertiary/aromatic N) is 2. The topological polar surface area (TPSA) is 64.0 Å². The third-order valence-corrected chi connectivity index (χ3v) is 4.12. The molecule has 1 aromatic heterocycles. The number of alkyl halides is 1. The van der Waals surface area contributed by atoms with Crippen LogP contribution in [0.25, 0.3) is 0 Å². The highest BCUT2D eigenvalue weighted by molar-refractivity contribution is 9.09. The maximum absolute atomic E-state index is 11.9. The molecule has 0 aliphatic carbocycles. The van der Waals surface area contributed by atoms with E-state index in [0.29, 0.717) is 0 Å². The van der Waals surface area contributed by atoms with Gasteiger partial charge in [-0.3, -0.25) is 4.68 Å². The second-order valence-corrected chi connectivity index (χ2v) is 7.06. The first-order valence-electron chi connectivity index (χ1n) is 4.97. The molecule has 0 saturated heterocycles. The lowest BCUT2D eigenvalue weighted by molar-refractivity contribution is 0.535. The van der Waals surface area contributed by atoms with Crippen molar-refractivity contribution in [2.24, 2.45) is 7.05 Å². The third kappa shape index (κ3) is 3.57. The predicted octanol–water partition coefficient (Wildman–Crippen LogP) is 1.26. The molecular formula is C9H16BrN3O2S. The Kier molecular flexibility index (Phi) is 4.52. The quantitative estimate of drug-likeness (QED) is 0.833. The maximum Gasteiger partial charge on any atom is 0.257 e. The molecule has 7 heteroatoms. The van der Waals surface area contributed by atoms with Crippen LogP contribution in [0.3, 0.4) is 0 Å². The van der Waals surface area contributed by atoms with Crippen molar-refractivity contribution < 1.29 is 8.42 Å². The minimum atomic E-state index is -3.46. The van der Waals surface area contributed by atoms with E-state index in [1.165, 1.54) is 16.9 Å². The molecule has 0 spiro atoms. The summed E-state index contributed by atoms with van der Waals surface area (Å²) in [5, 5.41) is 4.02. The fourth-order valence-electron chi connectivity index (χ4n) is 1.49. The van der Waals surface area contributed by atoms with E-state index >= 15 is 0 Å². The molecule has 0 amide bonds. The van der Waals surface area contributed by atoms with Gasteiger partial charge in [0, 0.05) is 17.9 Å². The van der Waals surface area contributed by atoms with Gasteiger partial charge in [0.2, 0.25) is 0 Å². The number of halogens is 1. The Hall–Kier alpha value is -0.400. The summed E-state index contributed by atoms with van der Waals surface area (Å²) in [7, 11) is -1.86. The molecule has 5 nitrogen and oxygen atoms in total. The second-order valence-electron chi connectivity index (χ2n) is 3.83. The van der Waals surface area contributed by atoms with Crippen LogP contribution in [-0.2, 0) is 17.1 Å². The Bertz CT molecular complexity index is 441.